The Hall–Kier alpha value is -3.41. The molecular formula is C32H51N5O. The van der Waals surface area contributed by atoms with Crippen LogP contribution in [0.15, 0.2) is 94.0 Å². The van der Waals surface area contributed by atoms with E-state index in [-0.39, 0.29) is 11.9 Å². The van der Waals surface area contributed by atoms with Crippen molar-refractivity contribution in [2.75, 3.05) is 13.6 Å². The van der Waals surface area contributed by atoms with E-state index in [1.54, 1.807) is 0 Å². The van der Waals surface area contributed by atoms with Crippen molar-refractivity contribution in [1.82, 2.24) is 16.0 Å². The number of carbonyl (C=O) groups is 1. The highest BCUT2D eigenvalue weighted by atomic mass is 16.1. The Kier molecular flexibility index (Phi) is 20.7. The molecule has 38 heavy (non-hydrogen) atoms. The summed E-state index contributed by atoms with van der Waals surface area (Å²) >= 11 is 0. The summed E-state index contributed by atoms with van der Waals surface area (Å²) in [7, 11) is 1.97. The molecule has 210 valence electrons. The molecule has 0 aromatic heterocycles. The molecule has 1 rings (SSSR count). The Bertz CT molecular complexity index is 945. The number of rotatable bonds is 15. The van der Waals surface area contributed by atoms with Gasteiger partial charge in [0.1, 0.15) is 5.82 Å². The van der Waals surface area contributed by atoms with Crippen LogP contribution < -0.4 is 16.0 Å². The van der Waals surface area contributed by atoms with Gasteiger partial charge in [0.15, 0.2) is 0 Å². The molecule has 0 aromatic carbocycles. The summed E-state index contributed by atoms with van der Waals surface area (Å²) in [4.78, 5) is 19.3. The summed E-state index contributed by atoms with van der Waals surface area (Å²) in [6.07, 6.45) is 26.6. The highest BCUT2D eigenvalue weighted by Gasteiger charge is 2.14. The first-order valence-electron chi connectivity index (χ1n) is 13.9. The first-order valence-corrected chi connectivity index (χ1v) is 13.9. The third-order valence-corrected chi connectivity index (χ3v) is 5.57. The lowest BCUT2D eigenvalue weighted by atomic mass is 10.0. The molecule has 1 heterocycles. The number of hydrogen-bond donors (Lipinski definition) is 3. The van der Waals surface area contributed by atoms with Gasteiger partial charge in [-0.05, 0) is 75.8 Å². The van der Waals surface area contributed by atoms with Gasteiger partial charge in [-0.3, -0.25) is 9.79 Å². The molecule has 0 aromatic rings. The molecule has 6 heteroatoms. The number of hydrogen-bond acceptors (Lipinski definition) is 5. The van der Waals surface area contributed by atoms with Crippen LogP contribution >= 0.6 is 0 Å². The zero-order valence-corrected chi connectivity index (χ0v) is 24.8. The lowest BCUT2D eigenvalue weighted by Gasteiger charge is -2.21. The summed E-state index contributed by atoms with van der Waals surface area (Å²) in [5.41, 5.74) is 4.29. The quantitative estimate of drug-likeness (QED) is 0.159. The summed E-state index contributed by atoms with van der Waals surface area (Å²) in [5.74, 6) is 0.886. The van der Waals surface area contributed by atoms with Crippen LogP contribution in [0.1, 0.15) is 80.1 Å². The van der Waals surface area contributed by atoms with Crippen LogP contribution in [-0.4, -0.2) is 37.5 Å². The van der Waals surface area contributed by atoms with Crippen molar-refractivity contribution in [3.63, 3.8) is 0 Å². The van der Waals surface area contributed by atoms with Gasteiger partial charge in [-0.1, -0.05) is 63.6 Å². The Labute approximate surface area is 232 Å². The minimum Gasteiger partial charge on any atom is -0.391 e. The molecule has 1 amide bonds. The Morgan fingerprint density at radius 2 is 1.97 bits per heavy atom. The maximum atomic E-state index is 9.93. The summed E-state index contributed by atoms with van der Waals surface area (Å²) in [5, 5.41) is 9.50. The number of carbonyl (C=O) groups excluding carboxylic acids is 1. The van der Waals surface area contributed by atoms with E-state index < -0.39 is 0 Å². The molecule has 0 saturated heterocycles. The molecule has 1 aliphatic heterocycles. The molecule has 0 radical (unpaired) electrons. The van der Waals surface area contributed by atoms with Crippen molar-refractivity contribution >= 4 is 17.8 Å². The normalized spacial score (nSPS) is 15.3. The fourth-order valence-corrected chi connectivity index (χ4v) is 3.55. The highest BCUT2D eigenvalue weighted by Crippen LogP contribution is 2.15. The van der Waals surface area contributed by atoms with Crippen LogP contribution in [-0.2, 0) is 4.79 Å². The van der Waals surface area contributed by atoms with Crippen molar-refractivity contribution in [2.24, 2.45) is 9.98 Å². The maximum absolute atomic E-state index is 9.93. The van der Waals surface area contributed by atoms with Gasteiger partial charge >= 0.3 is 0 Å². The van der Waals surface area contributed by atoms with Crippen LogP contribution in [0.25, 0.3) is 0 Å². The zero-order chi connectivity index (χ0) is 28.6. The van der Waals surface area contributed by atoms with Gasteiger partial charge in [-0.25, -0.2) is 4.99 Å². The Balaban J connectivity index is 0.00000203. The lowest BCUT2D eigenvalue weighted by molar-refractivity contribution is -0.118. The van der Waals surface area contributed by atoms with Gasteiger partial charge in [0.25, 0.3) is 0 Å². The average Bonchev–Trinajstić information content (AvgIpc) is 3.19. The number of nitrogens with one attached hydrogen (secondary N) is 3. The van der Waals surface area contributed by atoms with Crippen molar-refractivity contribution in [3.05, 3.63) is 84.1 Å². The van der Waals surface area contributed by atoms with Crippen molar-refractivity contribution in [1.29, 1.82) is 0 Å². The Morgan fingerprint density at radius 3 is 2.50 bits per heavy atom. The minimum absolute atomic E-state index is 0.0394. The maximum Gasteiger partial charge on any atom is 0.216 e. The van der Waals surface area contributed by atoms with Gasteiger partial charge in [-0.15, -0.1) is 0 Å². The topological polar surface area (TPSA) is 77.9 Å². The molecule has 1 unspecified atom stereocenters. The van der Waals surface area contributed by atoms with Crippen LogP contribution in [0.4, 0.5) is 0 Å². The first kappa shape index (κ1) is 34.6. The van der Waals surface area contributed by atoms with E-state index >= 15 is 0 Å². The van der Waals surface area contributed by atoms with E-state index in [0.29, 0.717) is 0 Å². The molecule has 0 spiro atoms. The first-order chi connectivity index (χ1) is 18.4. The smallest absolute Gasteiger partial charge is 0.216 e. The Morgan fingerprint density at radius 1 is 1.21 bits per heavy atom. The molecule has 0 fully saturated rings. The van der Waals surface area contributed by atoms with E-state index in [2.05, 4.69) is 65.7 Å². The van der Waals surface area contributed by atoms with E-state index in [1.165, 1.54) is 31.0 Å². The third kappa shape index (κ3) is 15.6. The molecule has 0 saturated carbocycles. The van der Waals surface area contributed by atoms with E-state index in [4.69, 9.17) is 4.99 Å². The fourth-order valence-electron chi connectivity index (χ4n) is 3.55. The van der Waals surface area contributed by atoms with Crippen molar-refractivity contribution in [3.8, 4) is 0 Å². The molecule has 0 bridgehead atoms. The summed E-state index contributed by atoms with van der Waals surface area (Å²) < 4.78 is 0. The van der Waals surface area contributed by atoms with Gasteiger partial charge < -0.3 is 16.0 Å². The number of aliphatic imine (C=N–C) groups is 2. The largest absolute Gasteiger partial charge is 0.391 e. The molecule has 1 atom stereocenters. The molecule has 3 N–H and O–H groups in total. The SMILES string of the molecule is C=CC(=C\C=C(/CCCC)NC)/C(/C=C/C)=N/C(=C\C)NC(CCC)C1=CCC=CN=C1.CCNC(C)=O. The second-order valence-corrected chi connectivity index (χ2v) is 8.72. The van der Waals surface area contributed by atoms with E-state index in [9.17, 15) is 4.79 Å². The van der Waals surface area contributed by atoms with Crippen LogP contribution in [0.3, 0.4) is 0 Å². The van der Waals surface area contributed by atoms with Crippen LogP contribution in [0, 0.1) is 0 Å². The van der Waals surface area contributed by atoms with Gasteiger partial charge in [0, 0.05) is 38.6 Å². The average molecular weight is 522 g/mol. The van der Waals surface area contributed by atoms with Crippen LogP contribution in [0.5, 0.6) is 0 Å². The molecule has 1 aliphatic rings. The molecule has 0 aliphatic carbocycles. The predicted molar refractivity (Wildman–Crippen MR) is 167 cm³/mol. The van der Waals surface area contributed by atoms with E-state index in [0.717, 1.165) is 49.3 Å². The van der Waals surface area contributed by atoms with Crippen LogP contribution in [0.2, 0.25) is 0 Å². The summed E-state index contributed by atoms with van der Waals surface area (Å²) in [6, 6.07) is 0.173. The zero-order valence-electron chi connectivity index (χ0n) is 24.8. The minimum atomic E-state index is 0.0394. The van der Waals surface area contributed by atoms with E-state index in [1.807, 2.05) is 64.5 Å². The fraction of sp³-hybridized carbons (Fsp3) is 0.469. The second-order valence-electron chi connectivity index (χ2n) is 8.72. The van der Waals surface area contributed by atoms with Gasteiger partial charge in [0.05, 0.1) is 11.8 Å². The molecular weight excluding hydrogens is 470 g/mol. The van der Waals surface area contributed by atoms with Gasteiger partial charge in [0.2, 0.25) is 5.91 Å². The standard InChI is InChI=1S/C28H42N4.C4H9NO/c1-7-12-18-25(29-6)20-19-23(10-4)26(15-8-2)31-28(11-5)32-27(16-9-3)24-17-13-14-21-30-22-24;1-3-5-4(2)6/h8,10-11,14-15,17,19-22,27,29,32H,4,7,9,12-13,16,18H2,1-3,5-6H3;3H2,1-2H3,(H,5,6)/b15-8+,23-19+,25-20+,28-11+,31-26+;. The van der Waals surface area contributed by atoms with Crippen molar-refractivity contribution in [2.45, 2.75) is 86.1 Å². The number of nitrogens with zero attached hydrogens (tertiary/aromatic N) is 2. The lowest BCUT2D eigenvalue weighted by Crippen LogP contribution is -2.30. The third-order valence-electron chi connectivity index (χ3n) is 5.57. The predicted octanol–water partition coefficient (Wildman–Crippen LogP) is 7.09. The molecule has 6 nitrogen and oxygen atoms in total. The van der Waals surface area contributed by atoms with Gasteiger partial charge in [-0.2, -0.15) is 0 Å². The monoisotopic (exact) mass is 521 g/mol. The number of amides is 1. The number of unbranched alkanes of at least 4 members (excludes halogenated alkanes) is 1. The highest BCUT2D eigenvalue weighted by molar-refractivity contribution is 6.10. The van der Waals surface area contributed by atoms with Crippen molar-refractivity contribution < 1.29 is 4.79 Å². The summed E-state index contributed by atoms with van der Waals surface area (Å²) in [6.45, 7) is 16.6. The number of allylic oxidation sites excluding steroid dienone is 10. The second kappa shape index (κ2) is 22.8.